The van der Waals surface area contributed by atoms with E-state index in [4.69, 9.17) is 0 Å². The maximum atomic E-state index is 13.3. The van der Waals surface area contributed by atoms with E-state index >= 15 is 0 Å². The SMILES string of the molecule is CCc1ccc(-n2[nH]c3c(cnc4ccc(C(=O)N5C[C@H](C)C[C@@H](C)C5)cc43)c2=O)cc1. The number of fused-ring (bicyclic) bond motifs is 3. The molecule has 1 aliphatic rings. The number of aromatic amines is 1. The summed E-state index contributed by atoms with van der Waals surface area (Å²) in [5.41, 5.74) is 3.94. The van der Waals surface area contributed by atoms with E-state index in [9.17, 15) is 9.59 Å². The molecule has 164 valence electrons. The van der Waals surface area contributed by atoms with Crippen LogP contribution in [0.2, 0.25) is 0 Å². The molecular formula is C26H28N4O2. The molecule has 1 aliphatic heterocycles. The number of nitrogens with one attached hydrogen (secondary N) is 1. The Balaban J connectivity index is 1.59. The van der Waals surface area contributed by atoms with Crippen molar-refractivity contribution in [2.75, 3.05) is 13.1 Å². The molecule has 5 rings (SSSR count). The zero-order valence-corrected chi connectivity index (χ0v) is 18.8. The van der Waals surface area contributed by atoms with Crippen molar-refractivity contribution in [3.05, 3.63) is 70.1 Å². The highest BCUT2D eigenvalue weighted by Gasteiger charge is 2.26. The smallest absolute Gasteiger partial charge is 0.280 e. The number of benzene rings is 2. The lowest BCUT2D eigenvalue weighted by molar-refractivity contribution is 0.0623. The largest absolute Gasteiger partial charge is 0.338 e. The fraction of sp³-hybridized carbons (Fsp3) is 0.346. The minimum Gasteiger partial charge on any atom is -0.338 e. The Labute approximate surface area is 186 Å². The molecule has 1 saturated heterocycles. The number of rotatable bonds is 3. The number of hydrogen-bond donors (Lipinski definition) is 1. The highest BCUT2D eigenvalue weighted by Crippen LogP contribution is 2.26. The van der Waals surface area contributed by atoms with Crippen LogP contribution >= 0.6 is 0 Å². The van der Waals surface area contributed by atoms with Gasteiger partial charge in [-0.3, -0.25) is 19.7 Å². The average molecular weight is 429 g/mol. The van der Waals surface area contributed by atoms with Crippen LogP contribution in [0.1, 0.15) is 43.1 Å². The number of carbonyl (C=O) groups excluding carboxylic acids is 1. The number of aromatic nitrogens is 3. The Kier molecular flexibility index (Phi) is 5.08. The number of piperidine rings is 1. The summed E-state index contributed by atoms with van der Waals surface area (Å²) >= 11 is 0. The average Bonchev–Trinajstić information content (AvgIpc) is 3.14. The predicted octanol–water partition coefficient (Wildman–Crippen LogP) is 4.55. The molecule has 4 aromatic rings. The Morgan fingerprint density at radius 1 is 1.06 bits per heavy atom. The van der Waals surface area contributed by atoms with Crippen molar-refractivity contribution in [1.82, 2.24) is 19.7 Å². The van der Waals surface area contributed by atoms with E-state index in [1.165, 1.54) is 5.56 Å². The summed E-state index contributed by atoms with van der Waals surface area (Å²) in [7, 11) is 0. The first-order valence-electron chi connectivity index (χ1n) is 11.4. The molecule has 1 N–H and O–H groups in total. The third-order valence-corrected chi connectivity index (χ3v) is 6.53. The molecular weight excluding hydrogens is 400 g/mol. The standard InChI is InChI=1S/C26H28N4O2/c1-4-18-5-8-20(9-6-18)30-26(32)22-13-27-23-10-7-19(12-21(23)24(22)28-30)25(31)29-14-16(2)11-17(3)15-29/h5-10,12-13,16-17,28H,4,11,14-15H2,1-3H3/t16-,17-/m1/s1. The number of amides is 1. The maximum Gasteiger partial charge on any atom is 0.280 e. The van der Waals surface area contributed by atoms with Gasteiger partial charge in [-0.1, -0.05) is 32.9 Å². The fourth-order valence-corrected chi connectivity index (χ4v) is 4.97. The molecule has 0 radical (unpaired) electrons. The summed E-state index contributed by atoms with van der Waals surface area (Å²) in [6.45, 7) is 8.07. The second-order valence-electron chi connectivity index (χ2n) is 9.21. The van der Waals surface area contributed by atoms with Crippen molar-refractivity contribution < 1.29 is 4.79 Å². The van der Waals surface area contributed by atoms with E-state index in [1.54, 1.807) is 10.9 Å². The van der Waals surface area contributed by atoms with Gasteiger partial charge in [-0.15, -0.1) is 0 Å². The summed E-state index contributed by atoms with van der Waals surface area (Å²) in [5, 5.41) is 4.56. The molecule has 6 nitrogen and oxygen atoms in total. The summed E-state index contributed by atoms with van der Waals surface area (Å²) in [6.07, 6.45) is 3.71. The fourth-order valence-electron chi connectivity index (χ4n) is 4.97. The van der Waals surface area contributed by atoms with Gasteiger partial charge in [-0.05, 0) is 60.6 Å². The lowest BCUT2D eigenvalue weighted by Gasteiger charge is -2.35. The first-order valence-corrected chi connectivity index (χ1v) is 11.4. The first kappa shape index (κ1) is 20.5. The molecule has 0 spiro atoms. The van der Waals surface area contributed by atoms with Gasteiger partial charge in [-0.25, -0.2) is 4.68 Å². The molecule has 2 aromatic heterocycles. The van der Waals surface area contributed by atoms with Crippen LogP contribution < -0.4 is 5.56 Å². The van der Waals surface area contributed by atoms with Gasteiger partial charge < -0.3 is 4.90 Å². The van der Waals surface area contributed by atoms with Crippen LogP contribution in [-0.2, 0) is 6.42 Å². The Hall–Kier alpha value is -3.41. The molecule has 0 aliphatic carbocycles. The Morgan fingerprint density at radius 3 is 2.47 bits per heavy atom. The van der Waals surface area contributed by atoms with Gasteiger partial charge in [0.1, 0.15) is 0 Å². The number of carbonyl (C=O) groups is 1. The summed E-state index contributed by atoms with van der Waals surface area (Å²) < 4.78 is 1.55. The van der Waals surface area contributed by atoms with Crippen LogP contribution in [0.3, 0.4) is 0 Å². The van der Waals surface area contributed by atoms with Crippen LogP contribution in [0.5, 0.6) is 0 Å². The Bertz CT molecular complexity index is 1360. The number of likely N-dealkylation sites (tertiary alicyclic amines) is 1. The molecule has 2 atom stereocenters. The lowest BCUT2D eigenvalue weighted by atomic mass is 9.91. The molecule has 1 amide bonds. The van der Waals surface area contributed by atoms with Gasteiger partial charge in [-0.2, -0.15) is 0 Å². The lowest BCUT2D eigenvalue weighted by Crippen LogP contribution is -2.42. The van der Waals surface area contributed by atoms with E-state index in [0.29, 0.717) is 28.3 Å². The first-order chi connectivity index (χ1) is 15.4. The molecule has 0 bridgehead atoms. The monoisotopic (exact) mass is 428 g/mol. The van der Waals surface area contributed by atoms with Gasteiger partial charge in [0.15, 0.2) is 0 Å². The molecule has 3 heterocycles. The van der Waals surface area contributed by atoms with Crippen LogP contribution in [-0.4, -0.2) is 38.7 Å². The maximum absolute atomic E-state index is 13.3. The third-order valence-electron chi connectivity index (χ3n) is 6.53. The van der Waals surface area contributed by atoms with Gasteiger partial charge in [0, 0.05) is 30.2 Å². The van der Waals surface area contributed by atoms with Crippen LogP contribution in [0.4, 0.5) is 0 Å². The Morgan fingerprint density at radius 2 is 1.78 bits per heavy atom. The normalized spacial score (nSPS) is 19.0. The van der Waals surface area contributed by atoms with E-state index in [2.05, 4.69) is 30.9 Å². The molecule has 32 heavy (non-hydrogen) atoms. The van der Waals surface area contributed by atoms with Gasteiger partial charge in [0.25, 0.3) is 11.5 Å². The molecule has 6 heteroatoms. The molecule has 0 unspecified atom stereocenters. The number of H-pyrrole nitrogens is 1. The topological polar surface area (TPSA) is 71.0 Å². The second-order valence-corrected chi connectivity index (χ2v) is 9.21. The number of pyridine rings is 1. The minimum atomic E-state index is -0.144. The zero-order valence-electron chi connectivity index (χ0n) is 18.8. The van der Waals surface area contributed by atoms with Crippen molar-refractivity contribution in [2.24, 2.45) is 11.8 Å². The predicted molar refractivity (Wildman–Crippen MR) is 127 cm³/mol. The summed E-state index contributed by atoms with van der Waals surface area (Å²) in [6, 6.07) is 13.5. The summed E-state index contributed by atoms with van der Waals surface area (Å²) in [4.78, 5) is 32.8. The molecule has 0 saturated carbocycles. The van der Waals surface area contributed by atoms with Gasteiger partial charge >= 0.3 is 0 Å². The van der Waals surface area contributed by atoms with Gasteiger partial charge in [0.2, 0.25) is 0 Å². The number of hydrogen-bond acceptors (Lipinski definition) is 3. The number of nitrogens with zero attached hydrogens (tertiary/aromatic N) is 3. The van der Waals surface area contributed by atoms with Crippen molar-refractivity contribution in [3.8, 4) is 5.69 Å². The second kappa shape index (κ2) is 7.93. The van der Waals surface area contributed by atoms with Crippen LogP contribution in [0, 0.1) is 11.8 Å². The van der Waals surface area contributed by atoms with Crippen LogP contribution in [0.15, 0.2) is 53.5 Å². The van der Waals surface area contributed by atoms with E-state index < -0.39 is 0 Å². The van der Waals surface area contributed by atoms with Crippen molar-refractivity contribution in [2.45, 2.75) is 33.6 Å². The van der Waals surface area contributed by atoms with Crippen LogP contribution in [0.25, 0.3) is 27.5 Å². The molecule has 2 aromatic carbocycles. The van der Waals surface area contributed by atoms with Gasteiger partial charge in [0.05, 0.1) is 22.1 Å². The quantitative estimate of drug-likeness (QED) is 0.520. The van der Waals surface area contributed by atoms with E-state index in [0.717, 1.165) is 42.5 Å². The summed E-state index contributed by atoms with van der Waals surface area (Å²) in [5.74, 6) is 1.04. The van der Waals surface area contributed by atoms with Crippen molar-refractivity contribution >= 4 is 27.7 Å². The highest BCUT2D eigenvalue weighted by molar-refractivity contribution is 6.06. The van der Waals surface area contributed by atoms with Crippen molar-refractivity contribution in [1.29, 1.82) is 0 Å². The highest BCUT2D eigenvalue weighted by atomic mass is 16.2. The van der Waals surface area contributed by atoms with E-state index in [-0.39, 0.29) is 11.5 Å². The molecule has 1 fully saturated rings. The zero-order chi connectivity index (χ0) is 22.4. The van der Waals surface area contributed by atoms with E-state index in [1.807, 2.05) is 47.4 Å². The minimum absolute atomic E-state index is 0.0410. The van der Waals surface area contributed by atoms with Crippen molar-refractivity contribution in [3.63, 3.8) is 0 Å². The third kappa shape index (κ3) is 3.49. The number of aryl methyl sites for hydroxylation is 1.